The SMILES string of the molecule is COc1ccc(CCNC(=O)c2cn3c4c(cccc4c2=O)OCC3)cc1OC. The van der Waals surface area contributed by atoms with E-state index in [4.69, 9.17) is 14.2 Å². The number of hydrogen-bond donors (Lipinski definition) is 1. The zero-order valence-electron chi connectivity index (χ0n) is 16.4. The van der Waals surface area contributed by atoms with Crippen LogP contribution in [0.3, 0.4) is 0 Å². The van der Waals surface area contributed by atoms with Gasteiger partial charge >= 0.3 is 0 Å². The van der Waals surface area contributed by atoms with Crippen LogP contribution in [0.5, 0.6) is 17.2 Å². The van der Waals surface area contributed by atoms with Crippen LogP contribution in [0.2, 0.25) is 0 Å². The molecule has 3 aromatic rings. The number of pyridine rings is 1. The van der Waals surface area contributed by atoms with Crippen molar-refractivity contribution in [2.24, 2.45) is 0 Å². The Morgan fingerprint density at radius 2 is 2.00 bits per heavy atom. The Bertz CT molecular complexity index is 1140. The Labute approximate surface area is 167 Å². The normalized spacial score (nSPS) is 12.3. The predicted octanol–water partition coefficient (Wildman–Crippen LogP) is 2.38. The van der Waals surface area contributed by atoms with Crippen molar-refractivity contribution in [1.82, 2.24) is 9.88 Å². The van der Waals surface area contributed by atoms with Crippen LogP contribution >= 0.6 is 0 Å². The summed E-state index contributed by atoms with van der Waals surface area (Å²) in [5.41, 5.74) is 1.59. The smallest absolute Gasteiger partial charge is 0.256 e. The molecule has 0 unspecified atom stereocenters. The van der Waals surface area contributed by atoms with Gasteiger partial charge in [-0.3, -0.25) is 9.59 Å². The maximum absolute atomic E-state index is 12.8. The van der Waals surface area contributed by atoms with E-state index in [1.807, 2.05) is 28.8 Å². The average Bonchev–Trinajstić information content (AvgIpc) is 2.76. The minimum atomic E-state index is -0.377. The summed E-state index contributed by atoms with van der Waals surface area (Å²) in [6.45, 7) is 1.50. The van der Waals surface area contributed by atoms with Crippen LogP contribution in [-0.2, 0) is 13.0 Å². The van der Waals surface area contributed by atoms with Gasteiger partial charge < -0.3 is 24.1 Å². The van der Waals surface area contributed by atoms with Crippen LogP contribution in [0.4, 0.5) is 0 Å². The lowest BCUT2D eigenvalue weighted by molar-refractivity contribution is 0.0952. The first kappa shape index (κ1) is 18.9. The monoisotopic (exact) mass is 394 g/mol. The van der Waals surface area contributed by atoms with E-state index in [0.717, 1.165) is 11.1 Å². The zero-order valence-corrected chi connectivity index (χ0v) is 16.4. The molecule has 150 valence electrons. The molecule has 1 N–H and O–H groups in total. The molecule has 7 heteroatoms. The molecule has 0 bridgehead atoms. The molecule has 4 rings (SSSR count). The summed E-state index contributed by atoms with van der Waals surface area (Å²) < 4.78 is 18.1. The molecular formula is C22H22N2O5. The lowest BCUT2D eigenvalue weighted by Gasteiger charge is -2.21. The Morgan fingerprint density at radius 3 is 2.79 bits per heavy atom. The standard InChI is InChI=1S/C22H22N2O5/c1-27-17-7-6-14(12-19(17)28-2)8-9-23-22(26)16-13-24-10-11-29-18-5-3-4-15(20(18)24)21(16)25/h3-7,12-13H,8-11H2,1-2H3,(H,23,26). The van der Waals surface area contributed by atoms with Crippen LogP contribution < -0.4 is 25.0 Å². The number of nitrogens with zero attached hydrogens (tertiary/aromatic N) is 1. The second kappa shape index (κ2) is 7.87. The first-order valence-corrected chi connectivity index (χ1v) is 9.40. The van der Waals surface area contributed by atoms with Gasteiger partial charge in [0.05, 0.1) is 31.7 Å². The van der Waals surface area contributed by atoms with Crippen molar-refractivity contribution in [3.05, 3.63) is 63.9 Å². The average molecular weight is 394 g/mol. The van der Waals surface area contributed by atoms with Gasteiger partial charge in [-0.05, 0) is 36.2 Å². The molecule has 0 saturated carbocycles. The summed E-state index contributed by atoms with van der Waals surface area (Å²) in [5.74, 6) is 1.59. The van der Waals surface area contributed by atoms with Crippen molar-refractivity contribution in [3.8, 4) is 17.2 Å². The first-order chi connectivity index (χ1) is 14.1. The Balaban J connectivity index is 1.52. The predicted molar refractivity (Wildman–Crippen MR) is 109 cm³/mol. The number of amides is 1. The van der Waals surface area contributed by atoms with Gasteiger partial charge in [0.2, 0.25) is 5.43 Å². The van der Waals surface area contributed by atoms with Crippen molar-refractivity contribution >= 4 is 16.8 Å². The third-order valence-electron chi connectivity index (χ3n) is 5.04. The van der Waals surface area contributed by atoms with E-state index in [-0.39, 0.29) is 16.9 Å². The van der Waals surface area contributed by atoms with Crippen molar-refractivity contribution in [3.63, 3.8) is 0 Å². The molecule has 2 heterocycles. The summed E-state index contributed by atoms with van der Waals surface area (Å²) >= 11 is 0. The molecule has 1 aliphatic rings. The number of nitrogens with one attached hydrogen (secondary N) is 1. The molecule has 0 saturated heterocycles. The molecule has 1 amide bonds. The van der Waals surface area contributed by atoms with Crippen LogP contribution in [-0.4, -0.2) is 37.8 Å². The van der Waals surface area contributed by atoms with Crippen molar-refractivity contribution in [1.29, 1.82) is 0 Å². The van der Waals surface area contributed by atoms with Crippen LogP contribution in [0.1, 0.15) is 15.9 Å². The van der Waals surface area contributed by atoms with Crippen LogP contribution in [0, 0.1) is 0 Å². The number of para-hydroxylation sites is 1. The van der Waals surface area contributed by atoms with Gasteiger partial charge in [-0.2, -0.15) is 0 Å². The number of carbonyl (C=O) groups is 1. The quantitative estimate of drug-likeness (QED) is 0.695. The van der Waals surface area contributed by atoms with Gasteiger partial charge in [-0.1, -0.05) is 12.1 Å². The zero-order chi connectivity index (χ0) is 20.4. The molecule has 0 spiro atoms. The van der Waals surface area contributed by atoms with Gasteiger partial charge in [-0.25, -0.2) is 0 Å². The van der Waals surface area contributed by atoms with E-state index < -0.39 is 0 Å². The second-order valence-electron chi connectivity index (χ2n) is 6.76. The highest BCUT2D eigenvalue weighted by Gasteiger charge is 2.20. The number of methoxy groups -OCH3 is 2. The molecular weight excluding hydrogens is 372 g/mol. The Morgan fingerprint density at radius 1 is 1.17 bits per heavy atom. The molecule has 0 aliphatic carbocycles. The fourth-order valence-electron chi connectivity index (χ4n) is 3.59. The van der Waals surface area contributed by atoms with Gasteiger partial charge in [-0.15, -0.1) is 0 Å². The summed E-state index contributed by atoms with van der Waals surface area (Å²) in [6.07, 6.45) is 2.23. The molecule has 0 fully saturated rings. The number of carbonyl (C=O) groups excluding carboxylic acids is 1. The van der Waals surface area contributed by atoms with E-state index in [1.165, 1.54) is 0 Å². The minimum Gasteiger partial charge on any atom is -0.493 e. The van der Waals surface area contributed by atoms with E-state index in [2.05, 4.69) is 5.32 Å². The molecule has 0 radical (unpaired) electrons. The first-order valence-electron chi connectivity index (χ1n) is 9.40. The molecule has 0 atom stereocenters. The summed E-state index contributed by atoms with van der Waals surface area (Å²) in [6, 6.07) is 11.0. The van der Waals surface area contributed by atoms with Crippen LogP contribution in [0.25, 0.3) is 10.9 Å². The van der Waals surface area contributed by atoms with E-state index in [9.17, 15) is 9.59 Å². The lowest BCUT2D eigenvalue weighted by atomic mass is 10.1. The fraction of sp³-hybridized carbons (Fsp3) is 0.273. The second-order valence-corrected chi connectivity index (χ2v) is 6.76. The third-order valence-corrected chi connectivity index (χ3v) is 5.04. The van der Waals surface area contributed by atoms with Gasteiger partial charge in [0.1, 0.15) is 17.9 Å². The number of ether oxygens (including phenoxy) is 3. The third kappa shape index (κ3) is 3.51. The van der Waals surface area contributed by atoms with E-state index >= 15 is 0 Å². The maximum Gasteiger partial charge on any atom is 0.256 e. The molecule has 29 heavy (non-hydrogen) atoms. The van der Waals surface area contributed by atoms with Gasteiger partial charge in [0.15, 0.2) is 11.5 Å². The fourth-order valence-corrected chi connectivity index (χ4v) is 3.59. The Hall–Kier alpha value is -3.48. The highest BCUT2D eigenvalue weighted by molar-refractivity contribution is 5.98. The highest BCUT2D eigenvalue weighted by atomic mass is 16.5. The van der Waals surface area contributed by atoms with Crippen LogP contribution in [0.15, 0.2) is 47.4 Å². The van der Waals surface area contributed by atoms with E-state index in [0.29, 0.717) is 48.8 Å². The van der Waals surface area contributed by atoms with Gasteiger partial charge in [0.25, 0.3) is 5.91 Å². The molecule has 2 aromatic carbocycles. The molecule has 1 aliphatic heterocycles. The number of rotatable bonds is 6. The molecule has 7 nitrogen and oxygen atoms in total. The minimum absolute atomic E-state index is 0.142. The van der Waals surface area contributed by atoms with Crippen molar-refractivity contribution in [2.45, 2.75) is 13.0 Å². The largest absolute Gasteiger partial charge is 0.493 e. The Kier molecular flexibility index (Phi) is 5.12. The van der Waals surface area contributed by atoms with Crippen molar-refractivity contribution in [2.75, 3.05) is 27.4 Å². The van der Waals surface area contributed by atoms with Crippen molar-refractivity contribution < 1.29 is 19.0 Å². The molecule has 1 aromatic heterocycles. The summed E-state index contributed by atoms with van der Waals surface area (Å²) in [7, 11) is 3.17. The van der Waals surface area contributed by atoms with E-state index in [1.54, 1.807) is 32.5 Å². The topological polar surface area (TPSA) is 78.8 Å². The van der Waals surface area contributed by atoms with Gasteiger partial charge in [0, 0.05) is 12.7 Å². The highest BCUT2D eigenvalue weighted by Crippen LogP contribution is 2.28. The summed E-state index contributed by atoms with van der Waals surface area (Å²) in [4.78, 5) is 25.5. The lowest BCUT2D eigenvalue weighted by Crippen LogP contribution is -2.32. The number of aromatic nitrogens is 1. The number of benzene rings is 2. The maximum atomic E-state index is 12.8. The number of hydrogen-bond acceptors (Lipinski definition) is 5. The summed E-state index contributed by atoms with van der Waals surface area (Å²) in [5, 5.41) is 3.34.